The number of aliphatic hydroxyl groups is 6. The van der Waals surface area contributed by atoms with E-state index in [4.69, 9.17) is 9.05 Å². The number of nitrogens with one attached hydrogen (secondary N) is 1. The lowest BCUT2D eigenvalue weighted by atomic mass is 9.85. The summed E-state index contributed by atoms with van der Waals surface area (Å²) in [6.45, 7) is 3.92. The number of amides is 1. The summed E-state index contributed by atoms with van der Waals surface area (Å²) in [7, 11) is -5.05. The molecule has 1 rings (SSSR count). The van der Waals surface area contributed by atoms with E-state index in [1.54, 1.807) is 0 Å². The quantitative estimate of drug-likeness (QED) is 0.0214. The number of rotatable bonds is 43. The van der Waals surface area contributed by atoms with Crippen molar-refractivity contribution >= 4 is 13.7 Å². The highest BCUT2D eigenvalue weighted by molar-refractivity contribution is 7.47. The molecule has 1 amide bonds. The summed E-state index contributed by atoms with van der Waals surface area (Å²) in [6.07, 6.45) is 29.8. The minimum atomic E-state index is -5.05. The lowest BCUT2D eigenvalue weighted by Gasteiger charge is -2.41. The van der Waals surface area contributed by atoms with Gasteiger partial charge in [0.15, 0.2) is 0 Å². The monoisotopic (exact) mass is 894 g/mol. The Balaban J connectivity index is 2.40. The highest BCUT2D eigenvalue weighted by atomic mass is 31.2. The molecule has 0 bridgehead atoms. The fourth-order valence-corrected chi connectivity index (χ4v) is 9.46. The minimum absolute atomic E-state index is 0.243. The van der Waals surface area contributed by atoms with Crippen molar-refractivity contribution in [3.05, 3.63) is 0 Å². The van der Waals surface area contributed by atoms with Crippen molar-refractivity contribution < 1.29 is 53.9 Å². The van der Waals surface area contributed by atoms with Crippen LogP contribution in [0.3, 0.4) is 0 Å². The van der Waals surface area contributed by atoms with E-state index in [2.05, 4.69) is 19.2 Å². The predicted molar refractivity (Wildman–Crippen MR) is 246 cm³/mol. The van der Waals surface area contributed by atoms with Gasteiger partial charge in [-0.15, -0.1) is 0 Å². The van der Waals surface area contributed by atoms with Crippen LogP contribution in [0, 0.1) is 0 Å². The lowest BCUT2D eigenvalue weighted by Crippen LogP contribution is -2.64. The molecule has 0 aromatic carbocycles. The standard InChI is InChI=1S/C48H96NO11P/c1-3-5-7-9-11-13-15-17-19-21-22-24-26-28-30-32-34-36-38-42(51)49-40(39-59-61(57,58)60-48-46(55)44(53)43(52)45(54)47(48)56)41(50)37-35-33-31-29-27-25-23-20-18-16-14-12-10-8-6-4-2/h40-41,43-48,50,52-56H,3-39H2,1-2H3,(H,49,51)(H,57,58)/t40-,41+,43?,44+,45?,46?,47?,48?/m0/s1. The van der Waals surface area contributed by atoms with Gasteiger partial charge >= 0.3 is 7.82 Å². The summed E-state index contributed by atoms with van der Waals surface area (Å²) < 4.78 is 23.0. The first-order valence-electron chi connectivity index (χ1n) is 25.5. The van der Waals surface area contributed by atoms with Crippen LogP contribution in [-0.2, 0) is 18.4 Å². The summed E-state index contributed by atoms with van der Waals surface area (Å²) in [5, 5.41) is 64.3. The average Bonchev–Trinajstić information content (AvgIpc) is 3.24. The second kappa shape index (κ2) is 38.6. The molecular formula is C48H96NO11P. The fourth-order valence-electron chi connectivity index (χ4n) is 8.50. The SMILES string of the molecule is CCCCCCCCCCCCCCCCCCCCC(=O)N[C@@H](COP(=O)(O)OC1C(O)C(O)C(O)[C@@H](O)C1O)[C@H](O)CCCCCCCCCCCCCCCCCC. The molecule has 61 heavy (non-hydrogen) atoms. The van der Waals surface area contributed by atoms with Crippen LogP contribution in [0.4, 0.5) is 0 Å². The highest BCUT2D eigenvalue weighted by Crippen LogP contribution is 2.47. The highest BCUT2D eigenvalue weighted by Gasteiger charge is 2.51. The van der Waals surface area contributed by atoms with Crippen molar-refractivity contribution in [2.24, 2.45) is 0 Å². The van der Waals surface area contributed by atoms with Gasteiger partial charge in [-0.05, 0) is 12.8 Å². The average molecular weight is 894 g/mol. The van der Waals surface area contributed by atoms with Crippen molar-refractivity contribution in [1.82, 2.24) is 5.32 Å². The van der Waals surface area contributed by atoms with Crippen molar-refractivity contribution in [1.29, 1.82) is 0 Å². The first-order valence-corrected chi connectivity index (χ1v) is 27.0. The van der Waals surface area contributed by atoms with E-state index in [1.165, 1.54) is 167 Å². The van der Waals surface area contributed by atoms with Crippen molar-refractivity contribution in [3.63, 3.8) is 0 Å². The van der Waals surface area contributed by atoms with Gasteiger partial charge in [0.05, 0.1) is 18.8 Å². The van der Waals surface area contributed by atoms with Crippen LogP contribution in [-0.4, -0.2) is 96.8 Å². The number of unbranched alkanes of at least 4 members (excludes halogenated alkanes) is 32. The molecule has 13 heteroatoms. The fraction of sp³-hybridized carbons (Fsp3) is 0.979. The van der Waals surface area contributed by atoms with E-state index in [1.807, 2.05) is 0 Å². The first-order chi connectivity index (χ1) is 29.4. The molecule has 0 spiro atoms. The van der Waals surface area contributed by atoms with Crippen LogP contribution < -0.4 is 5.32 Å². The minimum Gasteiger partial charge on any atom is -0.391 e. The molecule has 1 aliphatic rings. The van der Waals surface area contributed by atoms with Crippen LogP contribution in [0.5, 0.6) is 0 Å². The molecule has 1 fully saturated rings. The van der Waals surface area contributed by atoms with Gasteiger partial charge in [-0.25, -0.2) is 4.57 Å². The van der Waals surface area contributed by atoms with Crippen LogP contribution in [0.1, 0.15) is 245 Å². The number of hydrogen-bond donors (Lipinski definition) is 8. The maximum absolute atomic E-state index is 13.0. The summed E-state index contributed by atoms with van der Waals surface area (Å²) in [5.41, 5.74) is 0. The van der Waals surface area contributed by atoms with Crippen molar-refractivity contribution in [3.8, 4) is 0 Å². The third-order valence-corrected chi connectivity index (χ3v) is 13.7. The molecule has 0 aromatic heterocycles. The molecule has 0 heterocycles. The molecular weight excluding hydrogens is 797 g/mol. The van der Waals surface area contributed by atoms with Crippen LogP contribution in [0.15, 0.2) is 0 Å². The van der Waals surface area contributed by atoms with Crippen LogP contribution >= 0.6 is 7.82 Å². The molecule has 12 nitrogen and oxygen atoms in total. The molecule has 8 N–H and O–H groups in total. The van der Waals surface area contributed by atoms with Gasteiger partial charge in [0.1, 0.15) is 36.6 Å². The van der Waals surface area contributed by atoms with E-state index in [0.29, 0.717) is 19.3 Å². The Morgan fingerprint density at radius 1 is 0.492 bits per heavy atom. The normalized spacial score (nSPS) is 22.6. The summed E-state index contributed by atoms with van der Waals surface area (Å²) in [4.78, 5) is 23.5. The summed E-state index contributed by atoms with van der Waals surface area (Å²) in [6, 6.07) is -1.03. The van der Waals surface area contributed by atoms with Gasteiger partial charge in [-0.3, -0.25) is 13.8 Å². The molecule has 0 saturated heterocycles. The van der Waals surface area contributed by atoms with Gasteiger partial charge in [0, 0.05) is 6.42 Å². The molecule has 6 unspecified atom stereocenters. The van der Waals surface area contributed by atoms with Gasteiger partial charge in [-0.1, -0.05) is 226 Å². The van der Waals surface area contributed by atoms with Crippen molar-refractivity contribution in [2.75, 3.05) is 6.61 Å². The van der Waals surface area contributed by atoms with Gasteiger partial charge in [0.25, 0.3) is 0 Å². The second-order valence-corrected chi connectivity index (χ2v) is 19.8. The van der Waals surface area contributed by atoms with Crippen LogP contribution in [0.25, 0.3) is 0 Å². The molecule has 0 aromatic rings. The van der Waals surface area contributed by atoms with Gasteiger partial charge in [0.2, 0.25) is 5.91 Å². The summed E-state index contributed by atoms with van der Waals surface area (Å²) in [5.74, 6) is -0.303. The Kier molecular flexibility index (Phi) is 36.9. The molecule has 0 radical (unpaired) electrons. The Hall–Kier alpha value is -0.660. The zero-order valence-electron chi connectivity index (χ0n) is 39.0. The largest absolute Gasteiger partial charge is 0.472 e. The van der Waals surface area contributed by atoms with E-state index in [0.717, 1.165) is 38.5 Å². The lowest BCUT2D eigenvalue weighted by molar-refractivity contribution is -0.220. The maximum atomic E-state index is 13.0. The molecule has 1 aliphatic carbocycles. The van der Waals surface area contributed by atoms with E-state index >= 15 is 0 Å². The maximum Gasteiger partial charge on any atom is 0.472 e. The Bertz CT molecular complexity index is 1040. The van der Waals surface area contributed by atoms with E-state index in [9.17, 15) is 44.9 Å². The van der Waals surface area contributed by atoms with E-state index < -0.39 is 63.2 Å². The second-order valence-electron chi connectivity index (χ2n) is 18.4. The smallest absolute Gasteiger partial charge is 0.391 e. The number of carbonyl (C=O) groups excluding carboxylic acids is 1. The topological polar surface area (TPSA) is 206 Å². The number of phosphoric acid groups is 1. The van der Waals surface area contributed by atoms with Gasteiger partial charge < -0.3 is 40.8 Å². The number of hydrogen-bond acceptors (Lipinski definition) is 10. The predicted octanol–water partition coefficient (Wildman–Crippen LogP) is 10.2. The molecule has 0 aliphatic heterocycles. The molecule has 1 saturated carbocycles. The van der Waals surface area contributed by atoms with Crippen LogP contribution in [0.2, 0.25) is 0 Å². The Labute approximate surface area is 372 Å². The van der Waals surface area contributed by atoms with Gasteiger partial charge in [-0.2, -0.15) is 0 Å². The third kappa shape index (κ3) is 30.2. The Morgan fingerprint density at radius 2 is 0.787 bits per heavy atom. The number of phosphoric ester groups is 1. The van der Waals surface area contributed by atoms with E-state index in [-0.39, 0.29) is 12.3 Å². The number of aliphatic hydroxyl groups excluding tert-OH is 6. The Morgan fingerprint density at radius 3 is 1.13 bits per heavy atom. The third-order valence-electron chi connectivity index (χ3n) is 12.7. The zero-order chi connectivity index (χ0) is 45.0. The summed E-state index contributed by atoms with van der Waals surface area (Å²) >= 11 is 0. The molecule has 9 atom stereocenters. The van der Waals surface area contributed by atoms with Crippen molar-refractivity contribution in [2.45, 2.75) is 294 Å². The zero-order valence-corrected chi connectivity index (χ0v) is 39.9. The number of carbonyl (C=O) groups is 1. The molecule has 364 valence electrons. The first kappa shape index (κ1) is 58.4.